The summed E-state index contributed by atoms with van der Waals surface area (Å²) in [6.07, 6.45) is 0.901. The minimum absolute atomic E-state index is 0.0223. The van der Waals surface area contributed by atoms with Crippen LogP contribution >= 0.6 is 34.5 Å². The maximum absolute atomic E-state index is 13.0. The zero-order valence-corrected chi connectivity index (χ0v) is 19.7. The minimum Gasteiger partial charge on any atom is -0.337 e. The smallest absolute Gasteiger partial charge is 0.244 e. The zero-order chi connectivity index (χ0) is 21.5. The fourth-order valence-corrected chi connectivity index (χ4v) is 7.05. The van der Waals surface area contributed by atoms with Gasteiger partial charge in [-0.1, -0.05) is 23.2 Å². The van der Waals surface area contributed by atoms with E-state index < -0.39 is 10.0 Å². The molecular formula is C20H23Cl2N3O3S2. The number of thiophene rings is 1. The molecule has 1 saturated heterocycles. The normalized spacial score (nSPS) is 19.5. The molecule has 1 amide bonds. The molecule has 2 aliphatic heterocycles. The number of fused-ring (bicyclic) bond motifs is 1. The highest BCUT2D eigenvalue weighted by Crippen LogP contribution is 2.29. The third kappa shape index (κ3) is 4.26. The maximum atomic E-state index is 13.0. The summed E-state index contributed by atoms with van der Waals surface area (Å²) < 4.78 is 27.4. The Morgan fingerprint density at radius 3 is 2.57 bits per heavy atom. The second-order valence-electron chi connectivity index (χ2n) is 7.57. The second-order valence-corrected chi connectivity index (χ2v) is 11.3. The first kappa shape index (κ1) is 22.0. The highest BCUT2D eigenvalue weighted by Gasteiger charge is 2.34. The van der Waals surface area contributed by atoms with Crippen LogP contribution in [-0.2, 0) is 27.8 Å². The van der Waals surface area contributed by atoms with E-state index in [9.17, 15) is 13.2 Å². The number of piperazine rings is 1. The van der Waals surface area contributed by atoms with Crippen molar-refractivity contribution in [3.8, 4) is 0 Å². The number of carbonyl (C=O) groups excluding carboxylic acids is 1. The number of nitrogens with zero attached hydrogens (tertiary/aromatic N) is 3. The molecule has 1 aromatic carbocycles. The van der Waals surface area contributed by atoms with Crippen LogP contribution in [0.4, 0.5) is 0 Å². The predicted octanol–water partition coefficient (Wildman–Crippen LogP) is 3.33. The number of benzene rings is 1. The summed E-state index contributed by atoms with van der Waals surface area (Å²) >= 11 is 13.8. The van der Waals surface area contributed by atoms with Crippen molar-refractivity contribution in [2.45, 2.75) is 30.8 Å². The van der Waals surface area contributed by atoms with E-state index in [4.69, 9.17) is 23.2 Å². The molecule has 162 valence electrons. The van der Waals surface area contributed by atoms with Gasteiger partial charge < -0.3 is 4.90 Å². The first-order valence-corrected chi connectivity index (χ1v) is 12.9. The van der Waals surface area contributed by atoms with Crippen LogP contribution in [0.15, 0.2) is 34.5 Å². The van der Waals surface area contributed by atoms with Gasteiger partial charge in [-0.25, -0.2) is 8.42 Å². The van der Waals surface area contributed by atoms with Gasteiger partial charge in [0.2, 0.25) is 15.9 Å². The van der Waals surface area contributed by atoms with Gasteiger partial charge in [-0.05, 0) is 48.6 Å². The average Bonchev–Trinajstić information content (AvgIpc) is 3.22. The van der Waals surface area contributed by atoms with E-state index in [1.165, 1.54) is 26.9 Å². The third-order valence-electron chi connectivity index (χ3n) is 5.81. The summed E-state index contributed by atoms with van der Waals surface area (Å²) in [5.41, 5.74) is 1.24. The lowest BCUT2D eigenvalue weighted by atomic mass is 10.1. The number of hydrogen-bond acceptors (Lipinski definition) is 5. The first-order valence-electron chi connectivity index (χ1n) is 9.80. The molecule has 0 bridgehead atoms. The van der Waals surface area contributed by atoms with E-state index in [-0.39, 0.29) is 21.9 Å². The lowest BCUT2D eigenvalue weighted by molar-refractivity contribution is -0.137. The van der Waals surface area contributed by atoms with Crippen molar-refractivity contribution in [3.63, 3.8) is 0 Å². The Morgan fingerprint density at radius 1 is 1.10 bits per heavy atom. The topological polar surface area (TPSA) is 60.9 Å². The van der Waals surface area contributed by atoms with Gasteiger partial charge in [-0.3, -0.25) is 9.69 Å². The van der Waals surface area contributed by atoms with E-state index in [1.54, 1.807) is 17.4 Å². The Hall–Kier alpha value is -1.16. The van der Waals surface area contributed by atoms with Crippen molar-refractivity contribution in [2.24, 2.45) is 0 Å². The quantitative estimate of drug-likeness (QED) is 0.663. The molecule has 10 heteroatoms. The Kier molecular flexibility index (Phi) is 6.44. The van der Waals surface area contributed by atoms with Gasteiger partial charge in [0.25, 0.3) is 0 Å². The fourth-order valence-electron chi connectivity index (χ4n) is 4.00. The Labute approximate surface area is 191 Å². The summed E-state index contributed by atoms with van der Waals surface area (Å²) in [7, 11) is -3.74. The van der Waals surface area contributed by atoms with Crippen molar-refractivity contribution < 1.29 is 13.2 Å². The van der Waals surface area contributed by atoms with Crippen LogP contribution in [0.3, 0.4) is 0 Å². The van der Waals surface area contributed by atoms with Gasteiger partial charge in [-0.15, -0.1) is 11.3 Å². The maximum Gasteiger partial charge on any atom is 0.244 e. The van der Waals surface area contributed by atoms with Crippen molar-refractivity contribution in [2.75, 3.05) is 32.7 Å². The molecule has 2 aliphatic rings. The molecule has 1 atom stereocenters. The van der Waals surface area contributed by atoms with Crippen LogP contribution < -0.4 is 0 Å². The summed E-state index contributed by atoms with van der Waals surface area (Å²) in [5, 5.41) is 2.56. The standard InChI is InChI=1S/C20H23Cl2N3O3S2/c1-14(20(26)24-6-4-18-15(13-24)5-11-29-18)23-7-9-25(10-8-23)30(27,28)19-12-16(21)2-3-17(19)22/h2-3,5,11-12,14H,4,6-10,13H2,1H3. The van der Waals surface area contributed by atoms with Gasteiger partial charge >= 0.3 is 0 Å². The summed E-state index contributed by atoms with van der Waals surface area (Å²) in [6.45, 7) is 4.88. The Balaban J connectivity index is 1.39. The number of amides is 1. The van der Waals surface area contributed by atoms with Crippen molar-refractivity contribution >= 4 is 50.5 Å². The molecule has 0 aliphatic carbocycles. The van der Waals surface area contributed by atoms with Crippen LogP contribution in [0, 0.1) is 0 Å². The van der Waals surface area contributed by atoms with Gasteiger partial charge in [-0.2, -0.15) is 4.31 Å². The number of rotatable bonds is 4. The molecule has 3 heterocycles. The van der Waals surface area contributed by atoms with Gasteiger partial charge in [0.05, 0.1) is 11.1 Å². The largest absolute Gasteiger partial charge is 0.337 e. The van der Waals surface area contributed by atoms with Crippen LogP contribution in [-0.4, -0.2) is 67.2 Å². The van der Waals surface area contributed by atoms with Crippen LogP contribution in [0.1, 0.15) is 17.4 Å². The molecule has 1 unspecified atom stereocenters. The molecular weight excluding hydrogens is 465 g/mol. The second kappa shape index (κ2) is 8.76. The van der Waals surface area contributed by atoms with Crippen molar-refractivity contribution in [3.05, 3.63) is 50.1 Å². The SMILES string of the molecule is CC(C(=O)N1CCc2sccc2C1)N1CCN(S(=O)(=O)c2cc(Cl)ccc2Cl)CC1. The zero-order valence-electron chi connectivity index (χ0n) is 16.6. The molecule has 0 N–H and O–H groups in total. The predicted molar refractivity (Wildman–Crippen MR) is 120 cm³/mol. The van der Waals surface area contributed by atoms with Crippen molar-refractivity contribution in [1.82, 2.24) is 14.1 Å². The molecule has 0 radical (unpaired) electrons. The van der Waals surface area contributed by atoms with Gasteiger partial charge in [0.1, 0.15) is 4.90 Å². The number of hydrogen-bond donors (Lipinski definition) is 0. The molecule has 30 heavy (non-hydrogen) atoms. The average molecular weight is 488 g/mol. The fraction of sp³-hybridized carbons (Fsp3) is 0.450. The Morgan fingerprint density at radius 2 is 1.83 bits per heavy atom. The van der Waals surface area contributed by atoms with E-state index >= 15 is 0 Å². The summed E-state index contributed by atoms with van der Waals surface area (Å²) in [5.74, 6) is 0.0982. The number of halogens is 2. The van der Waals surface area contributed by atoms with Crippen molar-refractivity contribution in [1.29, 1.82) is 0 Å². The highest BCUT2D eigenvalue weighted by atomic mass is 35.5. The van der Waals surface area contributed by atoms with Crippen LogP contribution in [0.25, 0.3) is 0 Å². The molecule has 6 nitrogen and oxygen atoms in total. The van der Waals surface area contributed by atoms with Gasteiger partial charge in [0.15, 0.2) is 0 Å². The lowest BCUT2D eigenvalue weighted by Crippen LogP contribution is -2.55. The first-order chi connectivity index (χ1) is 14.3. The molecule has 2 aromatic rings. The molecule has 4 rings (SSSR count). The molecule has 1 fully saturated rings. The third-order valence-corrected chi connectivity index (χ3v) is 9.45. The van der Waals surface area contributed by atoms with E-state index in [0.717, 1.165) is 13.0 Å². The summed E-state index contributed by atoms with van der Waals surface area (Å²) in [6, 6.07) is 6.24. The highest BCUT2D eigenvalue weighted by molar-refractivity contribution is 7.89. The van der Waals surface area contributed by atoms with E-state index in [2.05, 4.69) is 16.3 Å². The molecule has 1 aromatic heterocycles. The lowest BCUT2D eigenvalue weighted by Gasteiger charge is -2.39. The minimum atomic E-state index is -3.74. The van der Waals surface area contributed by atoms with Gasteiger partial charge in [0, 0.05) is 49.2 Å². The monoisotopic (exact) mass is 487 g/mol. The van der Waals surface area contributed by atoms with Crippen LogP contribution in [0.5, 0.6) is 0 Å². The van der Waals surface area contributed by atoms with E-state index in [0.29, 0.717) is 37.7 Å². The van der Waals surface area contributed by atoms with E-state index in [1.807, 2.05) is 11.8 Å². The molecule has 0 saturated carbocycles. The number of carbonyl (C=O) groups is 1. The van der Waals surface area contributed by atoms with Crippen LogP contribution in [0.2, 0.25) is 10.0 Å². The Bertz CT molecular complexity index is 1050. The number of sulfonamides is 1. The summed E-state index contributed by atoms with van der Waals surface area (Å²) in [4.78, 5) is 18.4. The molecule has 0 spiro atoms.